The summed E-state index contributed by atoms with van der Waals surface area (Å²) in [7, 11) is 0. The predicted molar refractivity (Wildman–Crippen MR) is 67.8 cm³/mol. The van der Waals surface area contributed by atoms with Crippen LogP contribution in [-0.4, -0.2) is 24.5 Å². The molecule has 1 saturated heterocycles. The van der Waals surface area contributed by atoms with Crippen molar-refractivity contribution in [3.63, 3.8) is 0 Å². The van der Waals surface area contributed by atoms with Crippen molar-refractivity contribution >= 4 is 18.3 Å². The van der Waals surface area contributed by atoms with E-state index in [-0.39, 0.29) is 24.2 Å². The molecule has 94 valence electrons. The van der Waals surface area contributed by atoms with Crippen LogP contribution in [0.25, 0.3) is 0 Å². The van der Waals surface area contributed by atoms with Crippen molar-refractivity contribution in [2.75, 3.05) is 6.54 Å². The van der Waals surface area contributed by atoms with Gasteiger partial charge in [0.15, 0.2) is 0 Å². The maximum absolute atomic E-state index is 12.0. The summed E-state index contributed by atoms with van der Waals surface area (Å²) in [5.74, 6) is 1.23. The molecule has 1 saturated carbocycles. The van der Waals surface area contributed by atoms with Crippen molar-refractivity contribution in [3.05, 3.63) is 0 Å². The summed E-state index contributed by atoms with van der Waals surface area (Å²) in [5, 5.41) is 6.56. The summed E-state index contributed by atoms with van der Waals surface area (Å²) in [6.45, 7) is 5.28. The zero-order valence-electron chi connectivity index (χ0n) is 10.2. The molecule has 0 bridgehead atoms. The number of halogens is 1. The third-order valence-electron chi connectivity index (χ3n) is 3.82. The van der Waals surface area contributed by atoms with Gasteiger partial charge in [0.2, 0.25) is 5.91 Å². The normalized spacial score (nSPS) is 30.6. The lowest BCUT2D eigenvalue weighted by atomic mass is 9.97. The van der Waals surface area contributed by atoms with Gasteiger partial charge in [0.05, 0.1) is 5.92 Å². The molecule has 0 aromatic rings. The fraction of sp³-hybridized carbons (Fsp3) is 0.917. The van der Waals surface area contributed by atoms with Gasteiger partial charge in [-0.3, -0.25) is 4.79 Å². The third-order valence-corrected chi connectivity index (χ3v) is 3.82. The maximum Gasteiger partial charge on any atom is 0.224 e. The van der Waals surface area contributed by atoms with Gasteiger partial charge in [-0.15, -0.1) is 12.4 Å². The summed E-state index contributed by atoms with van der Waals surface area (Å²) < 4.78 is 0. The number of carbonyl (C=O) groups is 1. The van der Waals surface area contributed by atoms with Gasteiger partial charge in [0.25, 0.3) is 0 Å². The van der Waals surface area contributed by atoms with Gasteiger partial charge >= 0.3 is 0 Å². The molecule has 3 nitrogen and oxygen atoms in total. The lowest BCUT2D eigenvalue weighted by Gasteiger charge is -2.20. The lowest BCUT2D eigenvalue weighted by molar-refractivity contribution is -0.126. The minimum atomic E-state index is 0. The van der Waals surface area contributed by atoms with E-state index in [4.69, 9.17) is 0 Å². The van der Waals surface area contributed by atoms with Gasteiger partial charge in [-0.2, -0.15) is 0 Å². The van der Waals surface area contributed by atoms with Crippen LogP contribution in [-0.2, 0) is 4.79 Å². The number of hydrogen-bond donors (Lipinski definition) is 2. The summed E-state index contributed by atoms with van der Waals surface area (Å²) in [4.78, 5) is 12.0. The molecule has 1 heterocycles. The molecule has 0 radical (unpaired) electrons. The highest BCUT2D eigenvalue weighted by atomic mass is 35.5. The zero-order valence-corrected chi connectivity index (χ0v) is 11.0. The minimum Gasteiger partial charge on any atom is -0.353 e. The van der Waals surface area contributed by atoms with E-state index in [1.807, 2.05) is 0 Å². The van der Waals surface area contributed by atoms with Crippen LogP contribution in [0.5, 0.6) is 0 Å². The molecule has 0 aromatic carbocycles. The number of carbonyl (C=O) groups excluding carboxylic acids is 1. The Hall–Kier alpha value is -0.280. The van der Waals surface area contributed by atoms with E-state index in [1.165, 1.54) is 12.8 Å². The van der Waals surface area contributed by atoms with E-state index in [9.17, 15) is 4.79 Å². The first-order valence-corrected chi connectivity index (χ1v) is 6.26. The molecule has 1 aliphatic carbocycles. The zero-order chi connectivity index (χ0) is 10.8. The molecular weight excluding hydrogens is 224 g/mol. The first-order valence-electron chi connectivity index (χ1n) is 6.26. The second-order valence-corrected chi connectivity index (χ2v) is 5.00. The number of hydrogen-bond acceptors (Lipinski definition) is 2. The Morgan fingerprint density at radius 3 is 2.69 bits per heavy atom. The Morgan fingerprint density at radius 2 is 2.12 bits per heavy atom. The van der Waals surface area contributed by atoms with Crippen LogP contribution in [0.2, 0.25) is 0 Å². The molecule has 3 unspecified atom stereocenters. The SMILES string of the molecule is CCC1NCCC1C(=O)NC(C)C1CC1.Cl. The van der Waals surface area contributed by atoms with E-state index in [1.54, 1.807) is 0 Å². The largest absolute Gasteiger partial charge is 0.353 e. The van der Waals surface area contributed by atoms with Gasteiger partial charge in [0, 0.05) is 12.1 Å². The van der Waals surface area contributed by atoms with E-state index in [2.05, 4.69) is 24.5 Å². The molecular formula is C12H23ClN2O. The van der Waals surface area contributed by atoms with Crippen molar-refractivity contribution in [1.29, 1.82) is 0 Å². The van der Waals surface area contributed by atoms with Crippen LogP contribution >= 0.6 is 12.4 Å². The molecule has 1 amide bonds. The van der Waals surface area contributed by atoms with Crippen LogP contribution in [0.3, 0.4) is 0 Å². The standard InChI is InChI=1S/C12H22N2O.ClH/c1-3-11-10(6-7-13-11)12(15)14-8(2)9-4-5-9;/h8-11,13H,3-7H2,1-2H3,(H,14,15);1H. The molecule has 2 aliphatic rings. The average Bonchev–Trinajstić information content (AvgIpc) is 2.96. The van der Waals surface area contributed by atoms with E-state index >= 15 is 0 Å². The molecule has 4 heteroatoms. The molecule has 0 spiro atoms. The molecule has 2 N–H and O–H groups in total. The smallest absolute Gasteiger partial charge is 0.224 e. The lowest BCUT2D eigenvalue weighted by Crippen LogP contribution is -2.42. The molecule has 2 rings (SSSR count). The topological polar surface area (TPSA) is 41.1 Å². The first kappa shape index (κ1) is 13.8. The Kier molecular flexibility index (Phi) is 5.06. The fourth-order valence-corrected chi connectivity index (χ4v) is 2.56. The number of nitrogens with one attached hydrogen (secondary N) is 2. The highest BCUT2D eigenvalue weighted by Crippen LogP contribution is 2.32. The molecule has 3 atom stereocenters. The van der Waals surface area contributed by atoms with Crippen molar-refractivity contribution in [2.24, 2.45) is 11.8 Å². The third kappa shape index (κ3) is 3.11. The second kappa shape index (κ2) is 5.87. The van der Waals surface area contributed by atoms with E-state index in [0.29, 0.717) is 12.1 Å². The Labute approximate surface area is 104 Å². The number of rotatable bonds is 4. The van der Waals surface area contributed by atoms with Crippen molar-refractivity contribution in [2.45, 2.75) is 51.6 Å². The van der Waals surface area contributed by atoms with Gasteiger partial charge < -0.3 is 10.6 Å². The Bertz CT molecular complexity index is 243. The summed E-state index contributed by atoms with van der Waals surface area (Å²) >= 11 is 0. The van der Waals surface area contributed by atoms with Crippen LogP contribution in [0.1, 0.15) is 39.5 Å². The van der Waals surface area contributed by atoms with Crippen LogP contribution in [0.15, 0.2) is 0 Å². The Morgan fingerprint density at radius 1 is 1.44 bits per heavy atom. The summed E-state index contributed by atoms with van der Waals surface area (Å²) in [6, 6.07) is 0.784. The molecule has 1 aliphatic heterocycles. The van der Waals surface area contributed by atoms with Gasteiger partial charge in [-0.25, -0.2) is 0 Å². The van der Waals surface area contributed by atoms with E-state index < -0.39 is 0 Å². The molecule has 16 heavy (non-hydrogen) atoms. The van der Waals surface area contributed by atoms with Crippen LogP contribution in [0.4, 0.5) is 0 Å². The predicted octanol–water partition coefficient (Wildman–Crippen LogP) is 1.71. The van der Waals surface area contributed by atoms with E-state index in [0.717, 1.165) is 25.3 Å². The molecule has 0 aromatic heterocycles. The van der Waals surface area contributed by atoms with Crippen molar-refractivity contribution in [1.82, 2.24) is 10.6 Å². The van der Waals surface area contributed by atoms with Gasteiger partial charge in [-0.05, 0) is 45.1 Å². The van der Waals surface area contributed by atoms with Crippen LogP contribution < -0.4 is 10.6 Å². The van der Waals surface area contributed by atoms with Crippen molar-refractivity contribution < 1.29 is 4.79 Å². The highest BCUT2D eigenvalue weighted by molar-refractivity contribution is 5.85. The molecule has 2 fully saturated rings. The quantitative estimate of drug-likeness (QED) is 0.793. The maximum atomic E-state index is 12.0. The van der Waals surface area contributed by atoms with Crippen molar-refractivity contribution in [3.8, 4) is 0 Å². The highest BCUT2D eigenvalue weighted by Gasteiger charge is 2.34. The second-order valence-electron chi connectivity index (χ2n) is 5.00. The van der Waals surface area contributed by atoms with Gasteiger partial charge in [-0.1, -0.05) is 6.92 Å². The number of amides is 1. The Balaban J connectivity index is 0.00000128. The van der Waals surface area contributed by atoms with Gasteiger partial charge in [0.1, 0.15) is 0 Å². The monoisotopic (exact) mass is 246 g/mol. The first-order chi connectivity index (χ1) is 7.22. The average molecular weight is 247 g/mol. The minimum absolute atomic E-state index is 0. The summed E-state index contributed by atoms with van der Waals surface area (Å²) in [5.41, 5.74) is 0. The fourth-order valence-electron chi connectivity index (χ4n) is 2.56. The van der Waals surface area contributed by atoms with Crippen LogP contribution in [0, 0.1) is 11.8 Å². The summed E-state index contributed by atoms with van der Waals surface area (Å²) in [6.07, 6.45) is 4.64.